The van der Waals surface area contributed by atoms with Crippen LogP contribution in [0.25, 0.3) is 0 Å². The van der Waals surface area contributed by atoms with Crippen LogP contribution in [0.3, 0.4) is 0 Å². The summed E-state index contributed by atoms with van der Waals surface area (Å²) in [6, 6.07) is 0. The van der Waals surface area contributed by atoms with Gasteiger partial charge in [0, 0.05) is 25.7 Å². The summed E-state index contributed by atoms with van der Waals surface area (Å²) < 4.78 is 68.5. The van der Waals surface area contributed by atoms with Crippen LogP contribution in [0.5, 0.6) is 0 Å². The standard InChI is InChI=1S/C76H148O17P2/c1-66(2)52-44-36-28-23-19-15-11-9-10-12-17-21-25-31-42-50-58-75(80)92-71(62-86-73(78)56-48-40-33-27-30-38-46-54-68(5)6)64-90-94(82,83)88-60-70(77)61-89-95(84,85)91-65-72(63-87-74(79)57-49-41-35-34-39-47-55-69(7)8)93-76(81)59-51-43-32-26-22-18-14-13-16-20-24-29-37-45-53-67(3)4/h66-72,77H,9-65H2,1-8H3,(H,82,83)(H,84,85)/t70-,71-,72-/m1/s1. The number of esters is 4. The number of hydrogen-bond acceptors (Lipinski definition) is 15. The number of hydrogen-bond donors (Lipinski definition) is 3. The van der Waals surface area contributed by atoms with Crippen molar-refractivity contribution < 1.29 is 80.2 Å². The Morgan fingerprint density at radius 2 is 0.442 bits per heavy atom. The molecule has 0 amide bonds. The first-order valence-electron chi connectivity index (χ1n) is 39.2. The van der Waals surface area contributed by atoms with E-state index in [-0.39, 0.29) is 25.7 Å². The smallest absolute Gasteiger partial charge is 0.462 e. The molecule has 0 radical (unpaired) electrons. The zero-order valence-corrected chi connectivity index (χ0v) is 64.1. The van der Waals surface area contributed by atoms with Crippen molar-refractivity contribution in [1.29, 1.82) is 0 Å². The van der Waals surface area contributed by atoms with E-state index in [2.05, 4.69) is 55.4 Å². The number of unbranched alkanes of at least 4 members (excludes halogenated alkanes) is 39. The molecule has 0 heterocycles. The summed E-state index contributed by atoms with van der Waals surface area (Å²) in [5.74, 6) is 0.865. The minimum atomic E-state index is -4.96. The van der Waals surface area contributed by atoms with Crippen molar-refractivity contribution in [2.24, 2.45) is 23.7 Å². The lowest BCUT2D eigenvalue weighted by atomic mass is 10.0. The molecule has 0 aromatic carbocycles. The van der Waals surface area contributed by atoms with Gasteiger partial charge in [-0.2, -0.15) is 0 Å². The molecule has 0 spiro atoms. The van der Waals surface area contributed by atoms with Crippen molar-refractivity contribution in [3.63, 3.8) is 0 Å². The minimum absolute atomic E-state index is 0.106. The third-order valence-electron chi connectivity index (χ3n) is 17.6. The Kier molecular flexibility index (Phi) is 64.0. The van der Waals surface area contributed by atoms with Crippen LogP contribution in [0, 0.1) is 23.7 Å². The van der Waals surface area contributed by atoms with Crippen molar-refractivity contribution in [2.45, 2.75) is 401 Å². The molecule has 19 heteroatoms. The molecule has 0 fully saturated rings. The third-order valence-corrected chi connectivity index (χ3v) is 19.5. The average Bonchev–Trinajstić information content (AvgIpc) is 1.77. The van der Waals surface area contributed by atoms with Crippen LogP contribution in [-0.2, 0) is 65.4 Å². The fourth-order valence-electron chi connectivity index (χ4n) is 11.6. The van der Waals surface area contributed by atoms with Gasteiger partial charge in [-0.3, -0.25) is 37.3 Å². The van der Waals surface area contributed by atoms with E-state index in [0.29, 0.717) is 37.5 Å². The van der Waals surface area contributed by atoms with E-state index in [1.54, 1.807) is 0 Å². The van der Waals surface area contributed by atoms with Crippen molar-refractivity contribution in [2.75, 3.05) is 39.6 Å². The molecule has 0 bridgehead atoms. The molecule has 3 N–H and O–H groups in total. The van der Waals surface area contributed by atoms with Crippen LogP contribution >= 0.6 is 15.6 Å². The molecule has 17 nitrogen and oxygen atoms in total. The summed E-state index contributed by atoms with van der Waals surface area (Å²) >= 11 is 0. The van der Waals surface area contributed by atoms with Crippen molar-refractivity contribution in [3.8, 4) is 0 Å². The SMILES string of the molecule is CC(C)CCCCCCCCCCCCCCCCCCC(=O)O[C@H](COC(=O)CCCCCCCCCC(C)C)COP(=O)(O)OC[C@@H](O)COP(=O)(O)OC[C@@H](COC(=O)CCCCCCCCC(C)C)OC(=O)CCCCCCCCCCCCCCCCC(C)C. The zero-order valence-electron chi connectivity index (χ0n) is 62.3. The molecule has 0 aliphatic carbocycles. The van der Waals surface area contributed by atoms with Gasteiger partial charge in [0.25, 0.3) is 0 Å². The minimum Gasteiger partial charge on any atom is -0.462 e. The number of ether oxygens (including phenoxy) is 4. The number of carbonyl (C=O) groups is 4. The van der Waals surface area contributed by atoms with Gasteiger partial charge in [-0.15, -0.1) is 0 Å². The van der Waals surface area contributed by atoms with Gasteiger partial charge >= 0.3 is 39.5 Å². The summed E-state index contributed by atoms with van der Waals surface area (Å²) in [6.07, 6.45) is 50.3. The molecule has 0 aliphatic rings. The maximum absolute atomic E-state index is 13.1. The second kappa shape index (κ2) is 65.4. The van der Waals surface area contributed by atoms with Gasteiger partial charge in [-0.25, -0.2) is 9.13 Å². The molecule has 0 rings (SSSR count). The van der Waals surface area contributed by atoms with Crippen molar-refractivity contribution in [3.05, 3.63) is 0 Å². The van der Waals surface area contributed by atoms with Gasteiger partial charge in [0.15, 0.2) is 12.2 Å². The molecule has 564 valence electrons. The normalized spacial score (nSPS) is 14.1. The summed E-state index contributed by atoms with van der Waals surface area (Å²) in [4.78, 5) is 72.7. The van der Waals surface area contributed by atoms with Gasteiger partial charge in [0.05, 0.1) is 26.4 Å². The second-order valence-electron chi connectivity index (χ2n) is 29.3. The molecule has 0 saturated carbocycles. The number of phosphoric ester groups is 2. The first-order chi connectivity index (χ1) is 45.6. The Hall–Kier alpha value is -1.94. The number of rotatable bonds is 73. The highest BCUT2D eigenvalue weighted by Crippen LogP contribution is 2.45. The van der Waals surface area contributed by atoms with E-state index in [4.69, 9.17) is 37.0 Å². The molecular formula is C76H148O17P2. The Morgan fingerprint density at radius 3 is 0.653 bits per heavy atom. The average molecular weight is 1400 g/mol. The highest BCUT2D eigenvalue weighted by molar-refractivity contribution is 7.47. The van der Waals surface area contributed by atoms with E-state index in [0.717, 1.165) is 115 Å². The molecule has 0 aromatic rings. The maximum atomic E-state index is 13.1. The maximum Gasteiger partial charge on any atom is 0.472 e. The molecule has 0 saturated heterocycles. The zero-order chi connectivity index (χ0) is 70.3. The topological polar surface area (TPSA) is 237 Å². The first kappa shape index (κ1) is 93.1. The van der Waals surface area contributed by atoms with E-state index >= 15 is 0 Å². The fraction of sp³-hybridized carbons (Fsp3) is 0.947. The van der Waals surface area contributed by atoms with Gasteiger partial charge in [0.1, 0.15) is 19.3 Å². The Labute approximate surface area is 581 Å². The van der Waals surface area contributed by atoms with Crippen LogP contribution in [0.1, 0.15) is 383 Å². The van der Waals surface area contributed by atoms with Crippen molar-refractivity contribution >= 4 is 39.5 Å². The molecule has 2 unspecified atom stereocenters. The van der Waals surface area contributed by atoms with Crippen LogP contribution in [0.4, 0.5) is 0 Å². The van der Waals surface area contributed by atoms with E-state index < -0.39 is 97.5 Å². The molecular weight excluding hydrogens is 1250 g/mol. The predicted molar refractivity (Wildman–Crippen MR) is 386 cm³/mol. The highest BCUT2D eigenvalue weighted by atomic mass is 31.2. The third kappa shape index (κ3) is 70.3. The molecule has 5 atom stereocenters. The Morgan fingerprint density at radius 1 is 0.263 bits per heavy atom. The number of aliphatic hydroxyl groups is 1. The largest absolute Gasteiger partial charge is 0.472 e. The monoisotopic (exact) mass is 1400 g/mol. The van der Waals surface area contributed by atoms with Crippen LogP contribution in [-0.4, -0.2) is 96.7 Å². The first-order valence-corrected chi connectivity index (χ1v) is 42.2. The van der Waals surface area contributed by atoms with Gasteiger partial charge in [-0.05, 0) is 49.4 Å². The lowest BCUT2D eigenvalue weighted by Gasteiger charge is -2.21. The van der Waals surface area contributed by atoms with Crippen LogP contribution in [0.15, 0.2) is 0 Å². The highest BCUT2D eigenvalue weighted by Gasteiger charge is 2.30. The van der Waals surface area contributed by atoms with E-state index in [1.165, 1.54) is 173 Å². The van der Waals surface area contributed by atoms with E-state index in [1.807, 2.05) is 0 Å². The Bertz CT molecular complexity index is 1870. The quantitative estimate of drug-likeness (QED) is 0.0222. The number of carbonyl (C=O) groups excluding carboxylic acids is 4. The lowest BCUT2D eigenvalue weighted by Crippen LogP contribution is -2.30. The molecule has 95 heavy (non-hydrogen) atoms. The molecule has 0 aliphatic heterocycles. The predicted octanol–water partition coefficient (Wildman–Crippen LogP) is 22.0. The van der Waals surface area contributed by atoms with Crippen LogP contribution in [0.2, 0.25) is 0 Å². The second-order valence-corrected chi connectivity index (χ2v) is 32.2. The summed E-state index contributed by atoms with van der Waals surface area (Å²) in [5, 5.41) is 10.6. The fourth-order valence-corrected chi connectivity index (χ4v) is 13.1. The number of aliphatic hydroxyl groups excluding tert-OH is 1. The summed E-state index contributed by atoms with van der Waals surface area (Å²) in [7, 11) is -9.91. The van der Waals surface area contributed by atoms with Crippen LogP contribution < -0.4 is 0 Å². The number of phosphoric acid groups is 2. The summed E-state index contributed by atoms with van der Waals surface area (Å²) in [6.45, 7) is 14.1. The van der Waals surface area contributed by atoms with Gasteiger partial charge in [0.2, 0.25) is 0 Å². The lowest BCUT2D eigenvalue weighted by molar-refractivity contribution is -0.161. The molecule has 0 aromatic heterocycles. The summed E-state index contributed by atoms with van der Waals surface area (Å²) in [5.41, 5.74) is 0. The van der Waals surface area contributed by atoms with Gasteiger partial charge < -0.3 is 33.8 Å². The van der Waals surface area contributed by atoms with E-state index in [9.17, 15) is 43.2 Å². The Balaban J connectivity index is 5.18. The van der Waals surface area contributed by atoms with Gasteiger partial charge in [-0.1, -0.05) is 331 Å². The van der Waals surface area contributed by atoms with Crippen molar-refractivity contribution in [1.82, 2.24) is 0 Å².